The van der Waals surface area contributed by atoms with Gasteiger partial charge in [0.25, 0.3) is 0 Å². The average Bonchev–Trinajstić information content (AvgIpc) is 2.46. The molecule has 3 heteroatoms. The van der Waals surface area contributed by atoms with Crippen LogP contribution in [-0.4, -0.2) is 6.54 Å². The Labute approximate surface area is 119 Å². The summed E-state index contributed by atoms with van der Waals surface area (Å²) < 4.78 is 19.8. The SMILES string of the molecule is Cc1cc(C(C)CN)cc(F)c1OCc1ccccc1. The minimum atomic E-state index is -0.323. The van der Waals surface area contributed by atoms with E-state index in [4.69, 9.17) is 10.5 Å². The van der Waals surface area contributed by atoms with Gasteiger partial charge < -0.3 is 10.5 Å². The molecule has 1 unspecified atom stereocenters. The molecular weight excluding hydrogens is 253 g/mol. The average molecular weight is 273 g/mol. The zero-order valence-electron chi connectivity index (χ0n) is 11.9. The third-order valence-corrected chi connectivity index (χ3v) is 3.40. The Morgan fingerprint density at radius 3 is 2.50 bits per heavy atom. The number of benzene rings is 2. The van der Waals surface area contributed by atoms with Gasteiger partial charge in [0.15, 0.2) is 11.6 Å². The summed E-state index contributed by atoms with van der Waals surface area (Å²) in [5.41, 5.74) is 8.36. The van der Waals surface area contributed by atoms with Gasteiger partial charge in [0.05, 0.1) is 0 Å². The van der Waals surface area contributed by atoms with Gasteiger partial charge in [-0.2, -0.15) is 0 Å². The van der Waals surface area contributed by atoms with Crippen LogP contribution < -0.4 is 10.5 Å². The lowest BCUT2D eigenvalue weighted by Crippen LogP contribution is -2.10. The normalized spacial score (nSPS) is 12.2. The number of rotatable bonds is 5. The van der Waals surface area contributed by atoms with E-state index < -0.39 is 0 Å². The molecule has 2 rings (SSSR count). The molecular formula is C17H20FNO. The zero-order valence-corrected chi connectivity index (χ0v) is 11.9. The molecule has 2 aromatic carbocycles. The quantitative estimate of drug-likeness (QED) is 0.900. The Kier molecular flexibility index (Phi) is 4.74. The molecule has 0 aliphatic rings. The maximum Gasteiger partial charge on any atom is 0.165 e. The molecule has 0 saturated heterocycles. The van der Waals surface area contributed by atoms with E-state index in [1.165, 1.54) is 6.07 Å². The first-order valence-electron chi connectivity index (χ1n) is 6.78. The van der Waals surface area contributed by atoms with Crippen molar-refractivity contribution in [1.29, 1.82) is 0 Å². The standard InChI is InChI=1S/C17H20FNO/c1-12-8-15(13(2)10-19)9-16(18)17(12)20-11-14-6-4-3-5-7-14/h3-9,13H,10-11,19H2,1-2H3. The predicted octanol–water partition coefficient (Wildman–Crippen LogP) is 3.78. The lowest BCUT2D eigenvalue weighted by Gasteiger charge is -2.15. The van der Waals surface area contributed by atoms with Crippen LogP contribution in [-0.2, 0) is 6.61 Å². The Bertz CT molecular complexity index is 545. The van der Waals surface area contributed by atoms with E-state index in [0.717, 1.165) is 16.7 Å². The van der Waals surface area contributed by atoms with Crippen molar-refractivity contribution in [2.75, 3.05) is 6.54 Å². The lowest BCUT2D eigenvalue weighted by atomic mass is 9.99. The highest BCUT2D eigenvalue weighted by molar-refractivity contribution is 5.39. The minimum Gasteiger partial charge on any atom is -0.486 e. The van der Waals surface area contributed by atoms with Gasteiger partial charge in [-0.25, -0.2) is 4.39 Å². The fourth-order valence-electron chi connectivity index (χ4n) is 2.09. The summed E-state index contributed by atoms with van der Waals surface area (Å²) in [5.74, 6) is 0.143. The van der Waals surface area contributed by atoms with Gasteiger partial charge >= 0.3 is 0 Å². The van der Waals surface area contributed by atoms with Gasteiger partial charge in [-0.1, -0.05) is 43.3 Å². The first kappa shape index (κ1) is 14.5. The molecule has 0 bridgehead atoms. The van der Waals surface area contributed by atoms with Crippen LogP contribution in [0.5, 0.6) is 5.75 Å². The van der Waals surface area contributed by atoms with Gasteiger partial charge in [-0.3, -0.25) is 0 Å². The van der Waals surface area contributed by atoms with Gasteiger partial charge in [0.2, 0.25) is 0 Å². The molecule has 20 heavy (non-hydrogen) atoms. The molecule has 0 radical (unpaired) electrons. The summed E-state index contributed by atoms with van der Waals surface area (Å²) in [6.45, 7) is 4.71. The summed E-state index contributed by atoms with van der Waals surface area (Å²) in [5, 5.41) is 0. The summed E-state index contributed by atoms with van der Waals surface area (Å²) in [7, 11) is 0. The van der Waals surface area contributed by atoms with Crippen LogP contribution in [0.15, 0.2) is 42.5 Å². The molecule has 1 atom stereocenters. The van der Waals surface area contributed by atoms with Gasteiger partial charge in [0.1, 0.15) is 6.61 Å². The highest BCUT2D eigenvalue weighted by atomic mass is 19.1. The van der Waals surface area contributed by atoms with E-state index in [1.54, 1.807) is 0 Å². The molecule has 0 fully saturated rings. The zero-order chi connectivity index (χ0) is 14.5. The first-order chi connectivity index (χ1) is 9.61. The van der Waals surface area contributed by atoms with E-state index in [0.29, 0.717) is 18.9 Å². The monoisotopic (exact) mass is 273 g/mol. The van der Waals surface area contributed by atoms with Crippen LogP contribution in [0.3, 0.4) is 0 Å². The second kappa shape index (κ2) is 6.53. The third kappa shape index (κ3) is 3.36. The van der Waals surface area contributed by atoms with Gasteiger partial charge in [0, 0.05) is 0 Å². The molecule has 2 nitrogen and oxygen atoms in total. The van der Waals surface area contributed by atoms with Gasteiger partial charge in [-0.05, 0) is 42.1 Å². The number of hydrogen-bond donors (Lipinski definition) is 1. The van der Waals surface area contributed by atoms with Crippen LogP contribution in [0.2, 0.25) is 0 Å². The topological polar surface area (TPSA) is 35.2 Å². The molecule has 0 spiro atoms. The molecule has 0 heterocycles. The van der Waals surface area contributed by atoms with Crippen molar-refractivity contribution in [3.05, 3.63) is 65.0 Å². The van der Waals surface area contributed by atoms with Crippen molar-refractivity contribution in [2.45, 2.75) is 26.4 Å². The van der Waals surface area contributed by atoms with Crippen LogP contribution >= 0.6 is 0 Å². The van der Waals surface area contributed by atoms with Crippen molar-refractivity contribution in [3.8, 4) is 5.75 Å². The number of ether oxygens (including phenoxy) is 1. The lowest BCUT2D eigenvalue weighted by molar-refractivity contribution is 0.288. The summed E-state index contributed by atoms with van der Waals surface area (Å²) in [6.07, 6.45) is 0. The smallest absolute Gasteiger partial charge is 0.165 e. The number of aryl methyl sites for hydroxylation is 1. The molecule has 0 aliphatic heterocycles. The number of nitrogens with two attached hydrogens (primary N) is 1. The highest BCUT2D eigenvalue weighted by Gasteiger charge is 2.12. The Morgan fingerprint density at radius 1 is 1.20 bits per heavy atom. The maximum absolute atomic E-state index is 14.1. The number of halogens is 1. The molecule has 106 valence electrons. The molecule has 2 aromatic rings. The van der Waals surface area contributed by atoms with Crippen molar-refractivity contribution in [3.63, 3.8) is 0 Å². The molecule has 0 amide bonds. The first-order valence-corrected chi connectivity index (χ1v) is 6.78. The van der Waals surface area contributed by atoms with Crippen molar-refractivity contribution in [1.82, 2.24) is 0 Å². The largest absolute Gasteiger partial charge is 0.486 e. The fourth-order valence-corrected chi connectivity index (χ4v) is 2.09. The minimum absolute atomic E-state index is 0.145. The highest BCUT2D eigenvalue weighted by Crippen LogP contribution is 2.28. The Hall–Kier alpha value is -1.87. The fraction of sp³-hybridized carbons (Fsp3) is 0.294. The second-order valence-electron chi connectivity index (χ2n) is 5.06. The third-order valence-electron chi connectivity index (χ3n) is 3.40. The molecule has 2 N–H and O–H groups in total. The van der Waals surface area contributed by atoms with Crippen LogP contribution in [0, 0.1) is 12.7 Å². The van der Waals surface area contributed by atoms with Gasteiger partial charge in [-0.15, -0.1) is 0 Å². The molecule has 0 saturated carbocycles. The van der Waals surface area contributed by atoms with E-state index in [2.05, 4.69) is 0 Å². The van der Waals surface area contributed by atoms with Crippen LogP contribution in [0.25, 0.3) is 0 Å². The predicted molar refractivity (Wildman–Crippen MR) is 79.4 cm³/mol. The van der Waals surface area contributed by atoms with Crippen LogP contribution in [0.4, 0.5) is 4.39 Å². The van der Waals surface area contributed by atoms with Crippen molar-refractivity contribution >= 4 is 0 Å². The van der Waals surface area contributed by atoms with Crippen molar-refractivity contribution < 1.29 is 9.13 Å². The van der Waals surface area contributed by atoms with Crippen LogP contribution in [0.1, 0.15) is 29.5 Å². The van der Waals surface area contributed by atoms with E-state index in [9.17, 15) is 4.39 Å². The van der Waals surface area contributed by atoms with Crippen molar-refractivity contribution in [2.24, 2.45) is 5.73 Å². The summed E-state index contributed by atoms with van der Waals surface area (Å²) in [4.78, 5) is 0. The van der Waals surface area contributed by atoms with E-state index >= 15 is 0 Å². The second-order valence-corrected chi connectivity index (χ2v) is 5.06. The Balaban J connectivity index is 2.16. The number of hydrogen-bond acceptors (Lipinski definition) is 2. The molecule has 0 aromatic heterocycles. The van der Waals surface area contributed by atoms with E-state index in [1.807, 2.05) is 50.2 Å². The summed E-state index contributed by atoms with van der Waals surface area (Å²) >= 11 is 0. The summed E-state index contributed by atoms with van der Waals surface area (Å²) in [6, 6.07) is 13.2. The van der Waals surface area contributed by atoms with E-state index in [-0.39, 0.29) is 11.7 Å². The Morgan fingerprint density at radius 2 is 1.90 bits per heavy atom. The molecule has 0 aliphatic carbocycles. The maximum atomic E-state index is 14.1.